The van der Waals surface area contributed by atoms with E-state index in [1.54, 1.807) is 13.8 Å². The van der Waals surface area contributed by atoms with Crippen molar-refractivity contribution in [1.29, 1.82) is 0 Å². The van der Waals surface area contributed by atoms with Crippen LogP contribution in [0.3, 0.4) is 0 Å². The van der Waals surface area contributed by atoms with Crippen LogP contribution in [0.2, 0.25) is 0 Å². The average molecular weight is 494 g/mol. The number of benzene rings is 1. The Labute approximate surface area is 209 Å². The van der Waals surface area contributed by atoms with Gasteiger partial charge in [0.25, 0.3) is 0 Å². The number of carbonyl (C=O) groups excluding carboxylic acids is 4. The standard InChI is InChI=1S/C28H31NO7/c1-6-29-26(33)16-8-7-15-17(22(16)27(29)34)12-18-19(31)9-13(2)25(32)28(18,3)24(15)23-20(35-4)10-14(30)11-21(23)36-5/h7,9-11,16-18,22,24,30H,6,8,12H2,1-5H3/t16-,17+,18-,22-,24+,28+/m0/s1. The van der Waals surface area contributed by atoms with E-state index in [1.165, 1.54) is 37.3 Å². The highest BCUT2D eigenvalue weighted by Crippen LogP contribution is 2.64. The number of rotatable bonds is 4. The first-order valence-corrected chi connectivity index (χ1v) is 12.4. The van der Waals surface area contributed by atoms with Gasteiger partial charge in [-0.25, -0.2) is 0 Å². The monoisotopic (exact) mass is 493 g/mol. The van der Waals surface area contributed by atoms with Crippen molar-refractivity contribution < 1.29 is 33.8 Å². The van der Waals surface area contributed by atoms with Crippen LogP contribution in [0.5, 0.6) is 17.2 Å². The van der Waals surface area contributed by atoms with Gasteiger partial charge in [0.2, 0.25) is 11.8 Å². The van der Waals surface area contributed by atoms with Gasteiger partial charge in [0.1, 0.15) is 17.2 Å². The lowest BCUT2D eigenvalue weighted by atomic mass is 9.47. The molecule has 0 radical (unpaired) electrons. The van der Waals surface area contributed by atoms with Crippen molar-refractivity contribution in [3.8, 4) is 17.2 Å². The fourth-order valence-electron chi connectivity index (χ4n) is 7.29. The number of aromatic hydroxyl groups is 1. The Bertz CT molecular complexity index is 1240. The molecule has 6 atom stereocenters. The van der Waals surface area contributed by atoms with Crippen LogP contribution >= 0.6 is 0 Å². The average Bonchev–Trinajstić information content (AvgIpc) is 3.10. The third-order valence-electron chi connectivity index (χ3n) is 8.87. The van der Waals surface area contributed by atoms with Crippen LogP contribution in [0, 0.1) is 29.1 Å². The van der Waals surface area contributed by atoms with Crippen molar-refractivity contribution in [3.63, 3.8) is 0 Å². The van der Waals surface area contributed by atoms with Gasteiger partial charge in [-0.2, -0.15) is 0 Å². The smallest absolute Gasteiger partial charge is 0.233 e. The second-order valence-corrected chi connectivity index (χ2v) is 10.4. The molecule has 36 heavy (non-hydrogen) atoms. The van der Waals surface area contributed by atoms with E-state index in [4.69, 9.17) is 9.47 Å². The van der Waals surface area contributed by atoms with E-state index in [-0.39, 0.29) is 35.0 Å². The maximum absolute atomic E-state index is 13.9. The Hall–Kier alpha value is -3.42. The summed E-state index contributed by atoms with van der Waals surface area (Å²) in [5.41, 5.74) is 0.642. The molecule has 0 unspecified atom stereocenters. The Kier molecular flexibility index (Phi) is 5.61. The molecular weight excluding hydrogens is 462 g/mol. The summed E-state index contributed by atoms with van der Waals surface area (Å²) in [6, 6.07) is 2.93. The second-order valence-electron chi connectivity index (χ2n) is 10.4. The van der Waals surface area contributed by atoms with Crippen molar-refractivity contribution in [1.82, 2.24) is 4.90 Å². The van der Waals surface area contributed by atoms with Gasteiger partial charge < -0.3 is 14.6 Å². The summed E-state index contributed by atoms with van der Waals surface area (Å²) in [6.07, 6.45) is 4.09. The summed E-state index contributed by atoms with van der Waals surface area (Å²) < 4.78 is 11.3. The van der Waals surface area contributed by atoms with Crippen molar-refractivity contribution in [3.05, 3.63) is 41.0 Å². The lowest BCUT2D eigenvalue weighted by Crippen LogP contribution is -2.54. The first-order chi connectivity index (χ1) is 17.1. The highest BCUT2D eigenvalue weighted by molar-refractivity contribution is 6.13. The number of phenols is 1. The molecule has 2 fully saturated rings. The lowest BCUT2D eigenvalue weighted by Gasteiger charge is -2.54. The normalized spacial score (nSPS) is 33.5. The summed E-state index contributed by atoms with van der Waals surface area (Å²) in [5, 5.41) is 10.3. The number of allylic oxidation sites excluding steroid dienone is 4. The quantitative estimate of drug-likeness (QED) is 0.507. The van der Waals surface area contributed by atoms with Crippen molar-refractivity contribution in [2.75, 3.05) is 20.8 Å². The van der Waals surface area contributed by atoms with Crippen LogP contribution in [-0.2, 0) is 19.2 Å². The molecule has 1 aliphatic heterocycles. The van der Waals surface area contributed by atoms with Gasteiger partial charge in [0.05, 0.1) is 31.5 Å². The Morgan fingerprint density at radius 3 is 2.28 bits per heavy atom. The molecule has 4 aliphatic rings. The molecule has 1 aromatic rings. The molecule has 1 saturated heterocycles. The number of hydrogen-bond acceptors (Lipinski definition) is 7. The van der Waals surface area contributed by atoms with Crippen LogP contribution in [0.1, 0.15) is 45.1 Å². The topological polar surface area (TPSA) is 110 Å². The van der Waals surface area contributed by atoms with E-state index in [0.717, 1.165) is 5.57 Å². The van der Waals surface area contributed by atoms with Crippen LogP contribution in [0.15, 0.2) is 35.4 Å². The zero-order chi connectivity index (χ0) is 26.1. The lowest BCUT2D eigenvalue weighted by molar-refractivity contribution is -0.142. The zero-order valence-corrected chi connectivity index (χ0v) is 21.2. The van der Waals surface area contributed by atoms with Crippen LogP contribution in [0.25, 0.3) is 0 Å². The molecular formula is C28H31NO7. The summed E-state index contributed by atoms with van der Waals surface area (Å²) in [4.78, 5) is 55.1. The number of likely N-dealkylation sites (tertiary alicyclic amines) is 1. The number of amides is 2. The van der Waals surface area contributed by atoms with E-state index >= 15 is 0 Å². The van der Waals surface area contributed by atoms with Crippen molar-refractivity contribution in [2.24, 2.45) is 29.1 Å². The zero-order valence-electron chi connectivity index (χ0n) is 21.2. The maximum atomic E-state index is 13.9. The molecule has 8 nitrogen and oxygen atoms in total. The van der Waals surface area contributed by atoms with E-state index in [9.17, 15) is 24.3 Å². The van der Waals surface area contributed by atoms with Crippen LogP contribution < -0.4 is 9.47 Å². The number of Topliss-reactive ketones (excluding diaryl/α,β-unsaturated/α-hetero) is 1. The number of carbonyl (C=O) groups is 4. The molecule has 5 rings (SSSR count). The SMILES string of the molecule is CCN1C(=O)[C@H]2[C@H](CC=C3[C@H]2C[C@H]2C(=O)C=C(C)C(=O)[C@@]2(C)[C@H]3c2c(OC)cc(O)cc2OC)C1=O. The molecule has 1 heterocycles. The molecule has 1 N–H and O–H groups in total. The molecule has 1 saturated carbocycles. The van der Waals surface area contributed by atoms with Gasteiger partial charge in [0.15, 0.2) is 11.6 Å². The molecule has 3 aliphatic carbocycles. The van der Waals surface area contributed by atoms with E-state index < -0.39 is 29.1 Å². The maximum Gasteiger partial charge on any atom is 0.233 e. The Balaban J connectivity index is 1.79. The first kappa shape index (κ1) is 24.3. The van der Waals surface area contributed by atoms with E-state index in [2.05, 4.69) is 0 Å². The summed E-state index contributed by atoms with van der Waals surface area (Å²) in [5.74, 6) is -2.82. The predicted octanol–water partition coefficient (Wildman–Crippen LogP) is 3.18. The van der Waals surface area contributed by atoms with Crippen LogP contribution in [0.4, 0.5) is 0 Å². The van der Waals surface area contributed by atoms with E-state index in [0.29, 0.717) is 42.0 Å². The summed E-state index contributed by atoms with van der Waals surface area (Å²) >= 11 is 0. The van der Waals surface area contributed by atoms with Gasteiger partial charge in [0, 0.05) is 36.1 Å². The predicted molar refractivity (Wildman–Crippen MR) is 130 cm³/mol. The van der Waals surface area contributed by atoms with Gasteiger partial charge >= 0.3 is 0 Å². The number of fused-ring (bicyclic) bond motifs is 4. The summed E-state index contributed by atoms with van der Waals surface area (Å²) in [6.45, 7) is 5.55. The molecule has 0 bridgehead atoms. The van der Waals surface area contributed by atoms with Gasteiger partial charge in [-0.3, -0.25) is 24.1 Å². The first-order valence-electron chi connectivity index (χ1n) is 12.4. The fraction of sp³-hybridized carbons (Fsp3) is 0.500. The second kappa shape index (κ2) is 8.32. The molecule has 0 aromatic heterocycles. The number of imide groups is 1. The van der Waals surface area contributed by atoms with Crippen molar-refractivity contribution >= 4 is 23.4 Å². The van der Waals surface area contributed by atoms with Gasteiger partial charge in [-0.1, -0.05) is 18.6 Å². The van der Waals surface area contributed by atoms with Crippen molar-refractivity contribution in [2.45, 2.75) is 39.5 Å². The number of nitrogens with zero attached hydrogens (tertiary/aromatic N) is 1. The minimum absolute atomic E-state index is 0.0588. The minimum atomic E-state index is -1.15. The Morgan fingerprint density at radius 2 is 1.69 bits per heavy atom. The third kappa shape index (κ3) is 3.06. The molecule has 1 aromatic carbocycles. The number of phenolic OH excluding ortho intramolecular Hbond substituents is 1. The molecule has 190 valence electrons. The number of ether oxygens (including phenoxy) is 2. The minimum Gasteiger partial charge on any atom is -0.508 e. The molecule has 0 spiro atoms. The molecule has 8 heteroatoms. The highest BCUT2D eigenvalue weighted by atomic mass is 16.5. The van der Waals surface area contributed by atoms with Gasteiger partial charge in [-0.05, 0) is 44.3 Å². The Morgan fingerprint density at radius 1 is 1.06 bits per heavy atom. The van der Waals surface area contributed by atoms with E-state index in [1.807, 2.05) is 13.0 Å². The number of hydrogen-bond donors (Lipinski definition) is 1. The van der Waals surface area contributed by atoms with Crippen LogP contribution in [-0.4, -0.2) is 54.2 Å². The fourth-order valence-corrected chi connectivity index (χ4v) is 7.29. The molecule has 2 amide bonds. The highest BCUT2D eigenvalue weighted by Gasteiger charge is 2.63. The number of methoxy groups -OCH3 is 2. The number of ketones is 2. The largest absolute Gasteiger partial charge is 0.508 e. The summed E-state index contributed by atoms with van der Waals surface area (Å²) in [7, 11) is 2.95. The van der Waals surface area contributed by atoms with Gasteiger partial charge in [-0.15, -0.1) is 0 Å². The third-order valence-corrected chi connectivity index (χ3v) is 8.87.